The van der Waals surface area contributed by atoms with E-state index in [1.165, 1.54) is 12.8 Å². The van der Waals surface area contributed by atoms with Crippen LogP contribution in [0, 0.1) is 5.92 Å². The molecular formula is C16H19N3O2S. The van der Waals surface area contributed by atoms with Crippen molar-refractivity contribution in [2.75, 3.05) is 13.1 Å². The largest absolute Gasteiger partial charge is 0.339 e. The van der Waals surface area contributed by atoms with Crippen LogP contribution in [-0.2, 0) is 6.42 Å². The van der Waals surface area contributed by atoms with Gasteiger partial charge in [0, 0.05) is 30.8 Å². The average molecular weight is 317 g/mol. The molecule has 2 aromatic heterocycles. The molecule has 2 aliphatic rings. The number of likely N-dealkylation sites (tertiary alicyclic amines) is 1. The van der Waals surface area contributed by atoms with Crippen LogP contribution in [0.4, 0.5) is 0 Å². The Hall–Kier alpha value is -1.69. The third-order valence-electron chi connectivity index (χ3n) is 4.53. The van der Waals surface area contributed by atoms with Crippen LogP contribution in [-0.4, -0.2) is 34.0 Å². The Morgan fingerprint density at radius 3 is 3.09 bits per heavy atom. The Labute approximate surface area is 133 Å². The SMILES string of the molecule is O=C(c1ccsc1)N1CCC(CCc2noc(C3CC3)n2)C1. The number of carbonyl (C=O) groups is 1. The predicted octanol–water partition coefficient (Wildman–Crippen LogP) is 3.10. The molecule has 4 rings (SSSR count). The zero-order valence-electron chi connectivity index (χ0n) is 12.4. The summed E-state index contributed by atoms with van der Waals surface area (Å²) in [5.41, 5.74) is 0.817. The Morgan fingerprint density at radius 1 is 1.41 bits per heavy atom. The van der Waals surface area contributed by atoms with Crippen LogP contribution in [0.25, 0.3) is 0 Å². The molecule has 6 heteroatoms. The zero-order valence-corrected chi connectivity index (χ0v) is 13.2. The van der Waals surface area contributed by atoms with E-state index in [9.17, 15) is 4.79 Å². The molecule has 1 aliphatic heterocycles. The summed E-state index contributed by atoms with van der Waals surface area (Å²) in [4.78, 5) is 18.7. The van der Waals surface area contributed by atoms with Crippen LogP contribution < -0.4 is 0 Å². The molecule has 22 heavy (non-hydrogen) atoms. The number of nitrogens with zero attached hydrogens (tertiary/aromatic N) is 3. The fraction of sp³-hybridized carbons (Fsp3) is 0.562. The topological polar surface area (TPSA) is 59.2 Å². The fourth-order valence-electron chi connectivity index (χ4n) is 3.02. The normalized spacial score (nSPS) is 21.5. The second-order valence-electron chi connectivity index (χ2n) is 6.28. The maximum Gasteiger partial charge on any atom is 0.254 e. The molecule has 3 heterocycles. The van der Waals surface area contributed by atoms with Crippen molar-refractivity contribution >= 4 is 17.2 Å². The highest BCUT2D eigenvalue weighted by molar-refractivity contribution is 7.08. The highest BCUT2D eigenvalue weighted by Gasteiger charge is 2.30. The van der Waals surface area contributed by atoms with E-state index in [0.717, 1.165) is 49.6 Å². The van der Waals surface area contributed by atoms with Crippen LogP contribution in [0.5, 0.6) is 0 Å². The lowest BCUT2D eigenvalue weighted by Crippen LogP contribution is -2.28. The Bertz CT molecular complexity index is 648. The Kier molecular flexibility index (Phi) is 3.70. The fourth-order valence-corrected chi connectivity index (χ4v) is 3.65. The van der Waals surface area contributed by atoms with Crippen molar-refractivity contribution in [2.45, 2.75) is 38.0 Å². The van der Waals surface area contributed by atoms with Crippen molar-refractivity contribution in [3.05, 3.63) is 34.1 Å². The molecule has 2 fully saturated rings. The summed E-state index contributed by atoms with van der Waals surface area (Å²) in [7, 11) is 0. The van der Waals surface area contributed by atoms with Crippen LogP contribution in [0.2, 0.25) is 0 Å². The van der Waals surface area contributed by atoms with Gasteiger partial charge in [-0.15, -0.1) is 0 Å². The van der Waals surface area contributed by atoms with Gasteiger partial charge >= 0.3 is 0 Å². The van der Waals surface area contributed by atoms with Gasteiger partial charge in [0.1, 0.15) is 0 Å². The maximum absolute atomic E-state index is 12.3. The monoisotopic (exact) mass is 317 g/mol. The molecule has 1 amide bonds. The molecule has 1 atom stereocenters. The summed E-state index contributed by atoms with van der Waals surface area (Å²) < 4.78 is 5.29. The first-order valence-electron chi connectivity index (χ1n) is 7.93. The van der Waals surface area contributed by atoms with Gasteiger partial charge in [-0.1, -0.05) is 5.16 Å². The minimum Gasteiger partial charge on any atom is -0.339 e. The standard InChI is InChI=1S/C16H19N3O2S/c20-16(13-6-8-22-10-13)19-7-5-11(9-19)1-4-14-17-15(21-18-14)12-2-3-12/h6,8,10-12H,1-5,7,9H2. The van der Waals surface area contributed by atoms with Gasteiger partial charge in [0.25, 0.3) is 5.91 Å². The van der Waals surface area contributed by atoms with E-state index in [1.54, 1.807) is 11.3 Å². The maximum atomic E-state index is 12.3. The number of carbonyl (C=O) groups excluding carboxylic acids is 1. The number of thiophene rings is 1. The Balaban J connectivity index is 1.28. The van der Waals surface area contributed by atoms with Crippen LogP contribution in [0.15, 0.2) is 21.3 Å². The summed E-state index contributed by atoms with van der Waals surface area (Å²) in [5.74, 6) is 2.87. The first kappa shape index (κ1) is 13.9. The summed E-state index contributed by atoms with van der Waals surface area (Å²) in [6.45, 7) is 1.71. The van der Waals surface area contributed by atoms with E-state index in [2.05, 4.69) is 10.1 Å². The number of aryl methyl sites for hydroxylation is 1. The van der Waals surface area contributed by atoms with Crippen molar-refractivity contribution in [3.8, 4) is 0 Å². The lowest BCUT2D eigenvalue weighted by atomic mass is 10.0. The molecule has 1 saturated heterocycles. The van der Waals surface area contributed by atoms with E-state index >= 15 is 0 Å². The molecule has 0 bridgehead atoms. The van der Waals surface area contributed by atoms with Crippen molar-refractivity contribution in [1.82, 2.24) is 15.0 Å². The molecule has 2 aromatic rings. The van der Waals surface area contributed by atoms with Crippen molar-refractivity contribution in [1.29, 1.82) is 0 Å². The summed E-state index contributed by atoms with van der Waals surface area (Å²) in [6.07, 6.45) is 5.31. The molecule has 5 nitrogen and oxygen atoms in total. The molecule has 1 aliphatic carbocycles. The first-order valence-corrected chi connectivity index (χ1v) is 8.88. The lowest BCUT2D eigenvalue weighted by molar-refractivity contribution is 0.0787. The number of hydrogen-bond donors (Lipinski definition) is 0. The summed E-state index contributed by atoms with van der Waals surface area (Å²) in [6, 6.07) is 1.90. The second-order valence-corrected chi connectivity index (χ2v) is 7.06. The van der Waals surface area contributed by atoms with E-state index < -0.39 is 0 Å². The van der Waals surface area contributed by atoms with Gasteiger partial charge in [0.05, 0.1) is 5.56 Å². The number of amides is 1. The highest BCUT2D eigenvalue weighted by atomic mass is 32.1. The molecule has 0 spiro atoms. The van der Waals surface area contributed by atoms with Gasteiger partial charge in [-0.05, 0) is 43.0 Å². The zero-order chi connectivity index (χ0) is 14.9. The van der Waals surface area contributed by atoms with E-state index in [-0.39, 0.29) is 5.91 Å². The smallest absolute Gasteiger partial charge is 0.254 e. The molecule has 0 aromatic carbocycles. The van der Waals surface area contributed by atoms with E-state index in [0.29, 0.717) is 11.8 Å². The number of aromatic nitrogens is 2. The quantitative estimate of drug-likeness (QED) is 0.850. The van der Waals surface area contributed by atoms with Crippen LogP contribution in [0.3, 0.4) is 0 Å². The van der Waals surface area contributed by atoms with E-state index in [4.69, 9.17) is 4.52 Å². The molecule has 0 N–H and O–H groups in total. The highest BCUT2D eigenvalue weighted by Crippen LogP contribution is 2.38. The van der Waals surface area contributed by atoms with Gasteiger partial charge in [-0.3, -0.25) is 4.79 Å². The molecule has 1 unspecified atom stereocenters. The molecular weight excluding hydrogens is 298 g/mol. The van der Waals surface area contributed by atoms with Crippen molar-refractivity contribution in [3.63, 3.8) is 0 Å². The van der Waals surface area contributed by atoms with Gasteiger partial charge < -0.3 is 9.42 Å². The third-order valence-corrected chi connectivity index (χ3v) is 5.21. The van der Waals surface area contributed by atoms with Gasteiger partial charge in [0.2, 0.25) is 5.89 Å². The number of hydrogen-bond acceptors (Lipinski definition) is 5. The van der Waals surface area contributed by atoms with Crippen LogP contribution in [0.1, 0.15) is 53.7 Å². The second kappa shape index (κ2) is 5.83. The third kappa shape index (κ3) is 2.92. The minimum atomic E-state index is 0.166. The van der Waals surface area contributed by atoms with Crippen molar-refractivity contribution in [2.24, 2.45) is 5.92 Å². The Morgan fingerprint density at radius 2 is 2.32 bits per heavy atom. The average Bonchev–Trinajstić information content (AvgIpc) is 3.02. The van der Waals surface area contributed by atoms with E-state index in [1.807, 2.05) is 21.7 Å². The molecule has 116 valence electrons. The van der Waals surface area contributed by atoms with Gasteiger partial charge in [-0.2, -0.15) is 16.3 Å². The molecule has 1 saturated carbocycles. The van der Waals surface area contributed by atoms with Crippen LogP contribution >= 0.6 is 11.3 Å². The summed E-state index contributed by atoms with van der Waals surface area (Å²) in [5, 5.41) is 7.95. The van der Waals surface area contributed by atoms with Gasteiger partial charge in [-0.25, -0.2) is 0 Å². The molecule has 0 radical (unpaired) electrons. The van der Waals surface area contributed by atoms with Crippen molar-refractivity contribution < 1.29 is 9.32 Å². The first-order chi connectivity index (χ1) is 10.8. The van der Waals surface area contributed by atoms with Gasteiger partial charge in [0.15, 0.2) is 5.82 Å². The number of rotatable bonds is 5. The minimum absolute atomic E-state index is 0.166. The predicted molar refractivity (Wildman–Crippen MR) is 82.9 cm³/mol. The summed E-state index contributed by atoms with van der Waals surface area (Å²) >= 11 is 1.57. The lowest BCUT2D eigenvalue weighted by Gasteiger charge is -2.15.